The van der Waals surface area contributed by atoms with E-state index in [0.29, 0.717) is 16.3 Å². The van der Waals surface area contributed by atoms with E-state index < -0.39 is 18.0 Å². The first-order valence-corrected chi connectivity index (χ1v) is 8.29. The van der Waals surface area contributed by atoms with Crippen LogP contribution in [0.25, 0.3) is 0 Å². The van der Waals surface area contributed by atoms with Crippen molar-refractivity contribution in [2.24, 2.45) is 0 Å². The smallest absolute Gasteiger partial charge is 0.342 e. The molecule has 2 heterocycles. The third-order valence-electron chi connectivity index (χ3n) is 3.21. The molecule has 0 aromatic carbocycles. The summed E-state index contributed by atoms with van der Waals surface area (Å²) in [7, 11) is 0. The molecule has 0 bridgehead atoms. The molecule has 0 unspecified atom stereocenters. The number of hydrogen-bond acceptors (Lipinski definition) is 5. The Kier molecular flexibility index (Phi) is 6.21. The van der Waals surface area contributed by atoms with Crippen LogP contribution in [-0.2, 0) is 9.53 Å². The molecule has 0 spiro atoms. The second-order valence-electron chi connectivity index (χ2n) is 5.27. The zero-order chi connectivity index (χ0) is 18.7. The van der Waals surface area contributed by atoms with Crippen LogP contribution in [0.2, 0.25) is 15.2 Å². The molecule has 6 nitrogen and oxygen atoms in total. The summed E-state index contributed by atoms with van der Waals surface area (Å²) in [5.74, 6) is -1.23. The van der Waals surface area contributed by atoms with Crippen LogP contribution in [0, 0.1) is 13.8 Å². The maximum atomic E-state index is 12.3. The number of hydrogen-bond donors (Lipinski definition) is 1. The molecule has 25 heavy (non-hydrogen) atoms. The highest BCUT2D eigenvalue weighted by molar-refractivity contribution is 6.36. The van der Waals surface area contributed by atoms with Crippen LogP contribution in [-0.4, -0.2) is 27.9 Å². The van der Waals surface area contributed by atoms with Crippen molar-refractivity contribution in [3.8, 4) is 0 Å². The number of carbonyl (C=O) groups is 2. The lowest BCUT2D eigenvalue weighted by Gasteiger charge is -2.15. The number of aromatic nitrogens is 2. The summed E-state index contributed by atoms with van der Waals surface area (Å²) in [6.45, 7) is 4.88. The molecular formula is C16H14Cl3N3O3. The largest absolute Gasteiger partial charge is 0.449 e. The maximum Gasteiger partial charge on any atom is 0.342 e. The SMILES string of the molecule is Cc1cc(C)c(C(=O)O[C@@H](C)C(=O)Nc2ncc(Cl)cc2Cl)c(Cl)n1. The topological polar surface area (TPSA) is 81.2 Å². The van der Waals surface area contributed by atoms with Crippen LogP contribution in [0.15, 0.2) is 18.3 Å². The van der Waals surface area contributed by atoms with E-state index in [1.807, 2.05) is 0 Å². The summed E-state index contributed by atoms with van der Waals surface area (Å²) in [6, 6.07) is 3.13. The van der Waals surface area contributed by atoms with Gasteiger partial charge in [-0.25, -0.2) is 14.8 Å². The number of nitrogens with zero attached hydrogens (tertiary/aromatic N) is 2. The highest BCUT2D eigenvalue weighted by atomic mass is 35.5. The molecule has 1 atom stereocenters. The van der Waals surface area contributed by atoms with Crippen molar-refractivity contribution in [3.63, 3.8) is 0 Å². The molecule has 9 heteroatoms. The predicted molar refractivity (Wildman–Crippen MR) is 96.5 cm³/mol. The van der Waals surface area contributed by atoms with Crippen LogP contribution >= 0.6 is 34.8 Å². The number of carbonyl (C=O) groups excluding carboxylic acids is 2. The quantitative estimate of drug-likeness (QED) is 0.611. The third-order valence-corrected chi connectivity index (χ3v) is 3.98. The van der Waals surface area contributed by atoms with Crippen LogP contribution in [0.1, 0.15) is 28.5 Å². The van der Waals surface area contributed by atoms with E-state index in [1.54, 1.807) is 19.9 Å². The van der Waals surface area contributed by atoms with Gasteiger partial charge in [-0.1, -0.05) is 34.8 Å². The zero-order valence-electron chi connectivity index (χ0n) is 13.6. The number of nitrogens with one attached hydrogen (secondary N) is 1. The second kappa shape index (κ2) is 7.99. The highest BCUT2D eigenvalue weighted by Gasteiger charge is 2.23. The van der Waals surface area contributed by atoms with Crippen LogP contribution in [0.4, 0.5) is 5.82 Å². The van der Waals surface area contributed by atoms with Gasteiger partial charge in [0.1, 0.15) is 5.15 Å². The van der Waals surface area contributed by atoms with E-state index in [1.165, 1.54) is 19.2 Å². The zero-order valence-corrected chi connectivity index (χ0v) is 15.8. The molecule has 0 aliphatic rings. The van der Waals surface area contributed by atoms with Crippen molar-refractivity contribution in [1.82, 2.24) is 9.97 Å². The third kappa shape index (κ3) is 4.81. The number of amides is 1. The van der Waals surface area contributed by atoms with Gasteiger partial charge in [0, 0.05) is 11.9 Å². The summed E-state index contributed by atoms with van der Waals surface area (Å²) in [5.41, 5.74) is 1.40. The minimum Gasteiger partial charge on any atom is -0.449 e. The summed E-state index contributed by atoms with van der Waals surface area (Å²) in [6.07, 6.45) is 0.235. The first-order valence-electron chi connectivity index (χ1n) is 7.15. The molecule has 0 saturated carbocycles. The summed E-state index contributed by atoms with van der Waals surface area (Å²) in [4.78, 5) is 32.4. The summed E-state index contributed by atoms with van der Waals surface area (Å²) >= 11 is 17.7. The molecule has 2 aromatic heterocycles. The second-order valence-corrected chi connectivity index (χ2v) is 6.47. The van der Waals surface area contributed by atoms with Crippen molar-refractivity contribution in [2.45, 2.75) is 26.9 Å². The van der Waals surface area contributed by atoms with Gasteiger partial charge >= 0.3 is 5.97 Å². The number of pyridine rings is 2. The Labute approximate surface area is 159 Å². The molecule has 2 rings (SSSR count). The van der Waals surface area contributed by atoms with Gasteiger partial charge in [0.15, 0.2) is 11.9 Å². The van der Waals surface area contributed by atoms with E-state index in [9.17, 15) is 9.59 Å². The van der Waals surface area contributed by atoms with Crippen molar-refractivity contribution in [3.05, 3.63) is 50.3 Å². The average Bonchev–Trinajstić information content (AvgIpc) is 2.48. The minimum atomic E-state index is -1.10. The highest BCUT2D eigenvalue weighted by Crippen LogP contribution is 2.23. The van der Waals surface area contributed by atoms with Crippen molar-refractivity contribution in [2.75, 3.05) is 5.32 Å². The van der Waals surface area contributed by atoms with Gasteiger partial charge < -0.3 is 10.1 Å². The number of halogens is 3. The van der Waals surface area contributed by atoms with E-state index in [2.05, 4.69) is 15.3 Å². The van der Waals surface area contributed by atoms with E-state index in [0.717, 1.165) is 0 Å². The molecule has 132 valence electrons. The number of esters is 1. The van der Waals surface area contributed by atoms with Gasteiger partial charge in [-0.3, -0.25) is 4.79 Å². The normalized spacial score (nSPS) is 11.8. The fourth-order valence-electron chi connectivity index (χ4n) is 2.03. The van der Waals surface area contributed by atoms with Gasteiger partial charge in [-0.15, -0.1) is 0 Å². The first-order chi connectivity index (χ1) is 11.7. The molecular weight excluding hydrogens is 389 g/mol. The van der Waals surface area contributed by atoms with Crippen LogP contribution in [0.5, 0.6) is 0 Å². The number of rotatable bonds is 4. The Morgan fingerprint density at radius 2 is 1.88 bits per heavy atom. The predicted octanol–water partition coefficient (Wildman–Crippen LogP) is 4.24. The Morgan fingerprint density at radius 3 is 2.48 bits per heavy atom. The summed E-state index contributed by atoms with van der Waals surface area (Å²) < 4.78 is 5.16. The molecule has 0 aliphatic heterocycles. The lowest BCUT2D eigenvalue weighted by atomic mass is 10.1. The molecule has 0 saturated heterocycles. The molecule has 1 amide bonds. The van der Waals surface area contributed by atoms with E-state index in [-0.39, 0.29) is 21.6 Å². The van der Waals surface area contributed by atoms with Crippen molar-refractivity contribution < 1.29 is 14.3 Å². The fraction of sp³-hybridized carbons (Fsp3) is 0.250. The number of ether oxygens (including phenoxy) is 1. The Morgan fingerprint density at radius 1 is 1.20 bits per heavy atom. The van der Waals surface area contributed by atoms with Crippen molar-refractivity contribution in [1.29, 1.82) is 0 Å². The molecule has 0 radical (unpaired) electrons. The van der Waals surface area contributed by atoms with E-state index in [4.69, 9.17) is 39.5 Å². The molecule has 1 N–H and O–H groups in total. The summed E-state index contributed by atoms with van der Waals surface area (Å²) in [5, 5.41) is 2.99. The molecule has 0 fully saturated rings. The van der Waals surface area contributed by atoms with Crippen LogP contribution < -0.4 is 5.32 Å². The minimum absolute atomic E-state index is 0.0255. The lowest BCUT2D eigenvalue weighted by molar-refractivity contribution is -0.123. The molecule has 0 aliphatic carbocycles. The fourth-order valence-corrected chi connectivity index (χ4v) is 2.82. The standard InChI is InChI=1S/C16H14Cl3N3O3/c1-7-4-8(2)21-13(19)12(7)16(24)25-9(3)15(23)22-14-11(18)5-10(17)6-20-14/h4-6,9H,1-3H3,(H,20,22,23)/t9-/m0/s1. The average molecular weight is 403 g/mol. The monoisotopic (exact) mass is 401 g/mol. The number of anilines is 1. The Balaban J connectivity index is 2.09. The van der Waals surface area contributed by atoms with Gasteiger partial charge in [0.05, 0.1) is 15.6 Å². The lowest BCUT2D eigenvalue weighted by Crippen LogP contribution is -2.30. The van der Waals surface area contributed by atoms with E-state index >= 15 is 0 Å². The van der Waals surface area contributed by atoms with Gasteiger partial charge in [0.25, 0.3) is 5.91 Å². The number of aryl methyl sites for hydroxylation is 2. The molecule has 2 aromatic rings. The van der Waals surface area contributed by atoms with Crippen LogP contribution in [0.3, 0.4) is 0 Å². The van der Waals surface area contributed by atoms with Crippen molar-refractivity contribution >= 4 is 52.5 Å². The van der Waals surface area contributed by atoms with Gasteiger partial charge in [-0.2, -0.15) is 0 Å². The maximum absolute atomic E-state index is 12.3. The first kappa shape index (κ1) is 19.4. The van der Waals surface area contributed by atoms with Gasteiger partial charge in [0.2, 0.25) is 0 Å². The Bertz CT molecular complexity index is 820. The Hall–Kier alpha value is -1.89. The van der Waals surface area contributed by atoms with Gasteiger partial charge in [-0.05, 0) is 38.5 Å².